The predicted octanol–water partition coefficient (Wildman–Crippen LogP) is 2.90. The molecule has 0 heterocycles. The van der Waals surface area contributed by atoms with Crippen molar-refractivity contribution in [3.63, 3.8) is 0 Å². The Morgan fingerprint density at radius 2 is 1.75 bits per heavy atom. The zero-order chi connectivity index (χ0) is 17.9. The summed E-state index contributed by atoms with van der Waals surface area (Å²) in [5.41, 5.74) is 2.36. The van der Waals surface area contributed by atoms with Gasteiger partial charge < -0.3 is 10.1 Å². The molecule has 1 N–H and O–H groups in total. The highest BCUT2D eigenvalue weighted by atomic mass is 32.2. The quantitative estimate of drug-likeness (QED) is 0.903. The lowest BCUT2D eigenvalue weighted by Gasteiger charge is -2.18. The Hall–Kier alpha value is -2.34. The van der Waals surface area contributed by atoms with E-state index in [1.54, 1.807) is 7.11 Å². The average molecular weight is 347 g/mol. The van der Waals surface area contributed by atoms with Gasteiger partial charge in [-0.2, -0.15) is 0 Å². The number of hydrogen-bond acceptors (Lipinski definition) is 4. The summed E-state index contributed by atoms with van der Waals surface area (Å²) < 4.78 is 28.3. The van der Waals surface area contributed by atoms with Crippen molar-refractivity contribution in [1.82, 2.24) is 5.32 Å². The number of methoxy groups -OCH3 is 1. The van der Waals surface area contributed by atoms with Crippen LogP contribution >= 0.6 is 0 Å². The maximum Gasteiger partial charge on any atom is 0.251 e. The molecule has 0 bridgehead atoms. The highest BCUT2D eigenvalue weighted by Crippen LogP contribution is 2.26. The van der Waals surface area contributed by atoms with Crippen LogP contribution in [0.4, 0.5) is 0 Å². The zero-order valence-corrected chi connectivity index (χ0v) is 15.0. The number of nitrogens with one attached hydrogen (secondary N) is 1. The Kier molecular flexibility index (Phi) is 5.29. The van der Waals surface area contributed by atoms with E-state index in [0.29, 0.717) is 11.3 Å². The molecular formula is C18H21NO4S. The normalized spacial score (nSPS) is 12.5. The molecule has 0 radical (unpaired) electrons. The third-order valence-electron chi connectivity index (χ3n) is 3.74. The summed E-state index contributed by atoms with van der Waals surface area (Å²) in [6, 6.07) is 11.4. The van der Waals surface area contributed by atoms with Gasteiger partial charge in [-0.1, -0.05) is 17.7 Å². The summed E-state index contributed by atoms with van der Waals surface area (Å²) in [5, 5.41) is 2.90. The van der Waals surface area contributed by atoms with Crippen molar-refractivity contribution in [3.05, 3.63) is 59.2 Å². The molecule has 128 valence electrons. The fourth-order valence-electron chi connectivity index (χ4n) is 2.40. The molecule has 1 amide bonds. The number of sulfone groups is 1. The first kappa shape index (κ1) is 18.0. The van der Waals surface area contributed by atoms with E-state index >= 15 is 0 Å². The van der Waals surface area contributed by atoms with Gasteiger partial charge in [0.05, 0.1) is 18.0 Å². The van der Waals surface area contributed by atoms with Gasteiger partial charge in [-0.25, -0.2) is 8.42 Å². The standard InChI is InChI=1S/C18H21NO4S/c1-12-5-10-17(23-3)16(11-12)13(2)19-18(20)14-6-8-15(9-7-14)24(4,21)22/h5-11,13H,1-4H3,(H,19,20)/t13-/m0/s1. The lowest BCUT2D eigenvalue weighted by molar-refractivity contribution is 0.0939. The topological polar surface area (TPSA) is 72.5 Å². The van der Waals surface area contributed by atoms with Crippen LogP contribution in [0.3, 0.4) is 0 Å². The maximum absolute atomic E-state index is 12.4. The van der Waals surface area contributed by atoms with Crippen LogP contribution in [0.1, 0.15) is 34.5 Å². The number of hydrogen-bond donors (Lipinski definition) is 1. The minimum absolute atomic E-state index is 0.187. The minimum atomic E-state index is -3.27. The average Bonchev–Trinajstić information content (AvgIpc) is 2.54. The van der Waals surface area contributed by atoms with Gasteiger partial charge in [-0.15, -0.1) is 0 Å². The lowest BCUT2D eigenvalue weighted by atomic mass is 10.0. The van der Waals surface area contributed by atoms with Crippen molar-refractivity contribution in [3.8, 4) is 5.75 Å². The second-order valence-electron chi connectivity index (χ2n) is 5.74. The van der Waals surface area contributed by atoms with Gasteiger partial charge in [0.25, 0.3) is 5.91 Å². The monoisotopic (exact) mass is 347 g/mol. The summed E-state index contributed by atoms with van der Waals surface area (Å²) >= 11 is 0. The van der Waals surface area contributed by atoms with Crippen LogP contribution in [0.25, 0.3) is 0 Å². The fourth-order valence-corrected chi connectivity index (χ4v) is 3.03. The number of amides is 1. The van der Waals surface area contributed by atoms with Crippen molar-refractivity contribution >= 4 is 15.7 Å². The van der Waals surface area contributed by atoms with Crippen molar-refractivity contribution in [2.24, 2.45) is 0 Å². The summed E-state index contributed by atoms with van der Waals surface area (Å²) in [6.45, 7) is 3.85. The van der Waals surface area contributed by atoms with E-state index in [1.807, 2.05) is 32.0 Å². The van der Waals surface area contributed by atoms with Crippen molar-refractivity contribution in [2.75, 3.05) is 13.4 Å². The molecule has 0 spiro atoms. The predicted molar refractivity (Wildman–Crippen MR) is 93.2 cm³/mol. The molecule has 0 aliphatic rings. The lowest BCUT2D eigenvalue weighted by Crippen LogP contribution is -2.27. The van der Waals surface area contributed by atoms with E-state index < -0.39 is 9.84 Å². The molecule has 0 fully saturated rings. The Morgan fingerprint density at radius 3 is 2.29 bits per heavy atom. The molecule has 0 unspecified atom stereocenters. The first-order valence-electron chi connectivity index (χ1n) is 7.48. The van der Waals surface area contributed by atoms with E-state index in [1.165, 1.54) is 24.3 Å². The molecule has 0 saturated carbocycles. The first-order valence-corrected chi connectivity index (χ1v) is 9.37. The summed E-state index contributed by atoms with van der Waals surface area (Å²) in [4.78, 5) is 12.6. The molecule has 0 aliphatic heterocycles. The summed E-state index contributed by atoms with van der Waals surface area (Å²) in [7, 11) is -1.68. The smallest absolute Gasteiger partial charge is 0.251 e. The molecule has 0 aromatic heterocycles. The second kappa shape index (κ2) is 7.05. The fraction of sp³-hybridized carbons (Fsp3) is 0.278. The Labute approximate surface area is 142 Å². The number of rotatable bonds is 5. The third-order valence-corrected chi connectivity index (χ3v) is 4.87. The summed E-state index contributed by atoms with van der Waals surface area (Å²) in [6.07, 6.45) is 1.13. The highest BCUT2D eigenvalue weighted by Gasteiger charge is 2.16. The number of carbonyl (C=O) groups is 1. The number of benzene rings is 2. The molecule has 2 rings (SSSR count). The van der Waals surface area contributed by atoms with Crippen LogP contribution in [0, 0.1) is 6.92 Å². The Bertz CT molecular complexity index is 842. The molecule has 0 saturated heterocycles. The van der Waals surface area contributed by atoms with E-state index in [2.05, 4.69) is 5.32 Å². The van der Waals surface area contributed by atoms with Gasteiger partial charge in [0.2, 0.25) is 0 Å². The van der Waals surface area contributed by atoms with Gasteiger partial charge in [0.15, 0.2) is 9.84 Å². The van der Waals surface area contributed by atoms with Gasteiger partial charge in [0, 0.05) is 17.4 Å². The molecule has 2 aromatic carbocycles. The van der Waals surface area contributed by atoms with Crippen LogP contribution in [0.5, 0.6) is 5.75 Å². The van der Waals surface area contributed by atoms with Gasteiger partial charge in [-0.05, 0) is 44.2 Å². The largest absolute Gasteiger partial charge is 0.496 e. The van der Waals surface area contributed by atoms with E-state index in [0.717, 1.165) is 17.4 Å². The first-order chi connectivity index (χ1) is 11.2. The molecule has 2 aromatic rings. The van der Waals surface area contributed by atoms with Crippen LogP contribution in [0.2, 0.25) is 0 Å². The van der Waals surface area contributed by atoms with Crippen LogP contribution in [0.15, 0.2) is 47.4 Å². The Morgan fingerprint density at radius 1 is 1.12 bits per heavy atom. The van der Waals surface area contributed by atoms with E-state index in [-0.39, 0.29) is 16.8 Å². The molecule has 5 nitrogen and oxygen atoms in total. The zero-order valence-electron chi connectivity index (χ0n) is 14.2. The molecule has 1 atom stereocenters. The van der Waals surface area contributed by atoms with Crippen molar-refractivity contribution < 1.29 is 17.9 Å². The number of ether oxygens (including phenoxy) is 1. The number of carbonyl (C=O) groups excluding carboxylic acids is 1. The van der Waals surface area contributed by atoms with Gasteiger partial charge in [-0.3, -0.25) is 4.79 Å². The van der Waals surface area contributed by atoms with Gasteiger partial charge in [0.1, 0.15) is 5.75 Å². The van der Waals surface area contributed by atoms with Crippen molar-refractivity contribution in [1.29, 1.82) is 0 Å². The number of aryl methyl sites for hydroxylation is 1. The van der Waals surface area contributed by atoms with Crippen LogP contribution < -0.4 is 10.1 Å². The molecule has 6 heteroatoms. The SMILES string of the molecule is COc1ccc(C)cc1[C@H](C)NC(=O)c1ccc(S(C)(=O)=O)cc1. The van der Waals surface area contributed by atoms with Crippen LogP contribution in [-0.2, 0) is 9.84 Å². The minimum Gasteiger partial charge on any atom is -0.496 e. The molecule has 0 aliphatic carbocycles. The maximum atomic E-state index is 12.4. The van der Waals surface area contributed by atoms with Gasteiger partial charge >= 0.3 is 0 Å². The van der Waals surface area contributed by atoms with Crippen LogP contribution in [-0.4, -0.2) is 27.7 Å². The highest BCUT2D eigenvalue weighted by molar-refractivity contribution is 7.90. The Balaban J connectivity index is 2.19. The molecule has 24 heavy (non-hydrogen) atoms. The van der Waals surface area contributed by atoms with Crippen molar-refractivity contribution in [2.45, 2.75) is 24.8 Å². The second-order valence-corrected chi connectivity index (χ2v) is 7.75. The van der Waals surface area contributed by atoms with E-state index in [9.17, 15) is 13.2 Å². The van der Waals surface area contributed by atoms with E-state index in [4.69, 9.17) is 4.74 Å². The third kappa shape index (κ3) is 4.14. The molecular weight excluding hydrogens is 326 g/mol. The summed E-state index contributed by atoms with van der Waals surface area (Å²) in [5.74, 6) is 0.437.